The number of nitrogens with one attached hydrogen (secondary N) is 2. The molecule has 3 heterocycles. The Balaban J connectivity index is 1.48. The highest BCUT2D eigenvalue weighted by Gasteiger charge is 2.76. The zero-order chi connectivity index (χ0) is 24.0. The van der Waals surface area contributed by atoms with E-state index in [1.807, 2.05) is 30.3 Å². The molecule has 2 bridgehead atoms. The first-order valence-electron chi connectivity index (χ1n) is 12.7. The summed E-state index contributed by atoms with van der Waals surface area (Å²) in [5, 5.41) is 16.3. The summed E-state index contributed by atoms with van der Waals surface area (Å²) < 4.78 is -0.650. The van der Waals surface area contributed by atoms with E-state index in [4.69, 9.17) is 0 Å². The van der Waals surface area contributed by atoms with Crippen LogP contribution in [0.3, 0.4) is 0 Å². The van der Waals surface area contributed by atoms with Gasteiger partial charge in [-0.1, -0.05) is 44.4 Å². The van der Waals surface area contributed by atoms with Crippen LogP contribution in [0.1, 0.15) is 52.4 Å². The number of carbonyl (C=O) groups excluding carboxylic acids is 3. The van der Waals surface area contributed by atoms with Crippen molar-refractivity contribution in [2.24, 2.45) is 17.8 Å². The predicted molar refractivity (Wildman–Crippen MR) is 132 cm³/mol. The maximum absolute atomic E-state index is 13.9. The van der Waals surface area contributed by atoms with Crippen molar-refractivity contribution >= 4 is 35.2 Å². The third-order valence-corrected chi connectivity index (χ3v) is 10.5. The molecule has 1 saturated carbocycles. The number of thioether (sulfide) groups is 1. The van der Waals surface area contributed by atoms with E-state index in [0.29, 0.717) is 5.69 Å². The number of hydrogen-bond acceptors (Lipinski definition) is 5. The Labute approximate surface area is 205 Å². The summed E-state index contributed by atoms with van der Waals surface area (Å²) in [4.78, 5) is 42.9. The van der Waals surface area contributed by atoms with Crippen LogP contribution in [0, 0.1) is 17.8 Å². The number of nitrogens with zero attached hydrogens (tertiary/aromatic N) is 1. The van der Waals surface area contributed by atoms with Gasteiger partial charge in [0, 0.05) is 17.0 Å². The molecule has 7 atom stereocenters. The highest BCUT2D eigenvalue weighted by molar-refractivity contribution is 8.02. The number of amides is 3. The van der Waals surface area contributed by atoms with Crippen LogP contribution in [0.2, 0.25) is 0 Å². The van der Waals surface area contributed by atoms with Crippen molar-refractivity contribution in [3.63, 3.8) is 0 Å². The number of aliphatic hydroxyl groups excluding tert-OH is 1. The Kier molecular flexibility index (Phi) is 6.40. The molecular formula is C26H35N3O4S. The second kappa shape index (κ2) is 9.19. The summed E-state index contributed by atoms with van der Waals surface area (Å²) >= 11 is 1.67. The van der Waals surface area contributed by atoms with Crippen molar-refractivity contribution in [3.05, 3.63) is 30.3 Å². The van der Waals surface area contributed by atoms with Gasteiger partial charge in [0.05, 0.1) is 29.2 Å². The number of aliphatic hydroxyl groups is 1. The molecule has 1 aromatic carbocycles. The molecule has 0 radical (unpaired) electrons. The maximum Gasteiger partial charge on any atom is 0.244 e. The molecule has 0 aromatic heterocycles. The van der Waals surface area contributed by atoms with Crippen LogP contribution in [0.4, 0.5) is 5.69 Å². The van der Waals surface area contributed by atoms with Crippen LogP contribution in [-0.2, 0) is 14.4 Å². The molecule has 1 aromatic rings. The minimum Gasteiger partial charge on any atom is -0.394 e. The molecule has 1 aliphatic carbocycles. The summed E-state index contributed by atoms with van der Waals surface area (Å²) in [6.45, 7) is 3.69. The van der Waals surface area contributed by atoms with Crippen LogP contribution < -0.4 is 10.6 Å². The highest BCUT2D eigenvalue weighted by Crippen LogP contribution is 2.68. The van der Waals surface area contributed by atoms with Gasteiger partial charge in [-0.3, -0.25) is 14.4 Å². The Morgan fingerprint density at radius 3 is 2.56 bits per heavy atom. The second-order valence-corrected chi connectivity index (χ2v) is 12.1. The molecule has 3 N–H and O–H groups in total. The molecule has 7 nitrogen and oxygen atoms in total. The van der Waals surface area contributed by atoms with Gasteiger partial charge in [0.1, 0.15) is 6.04 Å². The number of hydrogen-bond donors (Lipinski definition) is 3. The fourth-order valence-electron chi connectivity index (χ4n) is 6.90. The first kappa shape index (κ1) is 23.7. The Morgan fingerprint density at radius 2 is 1.88 bits per heavy atom. The van der Waals surface area contributed by atoms with Gasteiger partial charge < -0.3 is 20.6 Å². The minimum atomic E-state index is -0.673. The number of likely N-dealkylation sites (tertiary alicyclic amines) is 1. The van der Waals surface area contributed by atoms with Crippen molar-refractivity contribution in [2.75, 3.05) is 11.9 Å². The van der Waals surface area contributed by atoms with Crippen LogP contribution in [0.5, 0.6) is 0 Å². The smallest absolute Gasteiger partial charge is 0.244 e. The largest absolute Gasteiger partial charge is 0.394 e. The van der Waals surface area contributed by atoms with Crippen LogP contribution in [0.15, 0.2) is 30.3 Å². The van der Waals surface area contributed by atoms with Gasteiger partial charge >= 0.3 is 0 Å². The lowest BCUT2D eigenvalue weighted by molar-refractivity contribution is -0.141. The average molecular weight is 486 g/mol. The number of rotatable bonds is 6. The summed E-state index contributed by atoms with van der Waals surface area (Å²) in [6, 6.07) is 8.28. The van der Waals surface area contributed by atoms with Crippen LogP contribution >= 0.6 is 11.8 Å². The molecule has 8 heteroatoms. The van der Waals surface area contributed by atoms with E-state index in [9.17, 15) is 19.5 Å². The molecule has 5 rings (SSSR count). The van der Waals surface area contributed by atoms with Gasteiger partial charge in [-0.15, -0.1) is 11.8 Å². The van der Waals surface area contributed by atoms with Crippen LogP contribution in [-0.4, -0.2) is 62.5 Å². The first-order valence-corrected chi connectivity index (χ1v) is 13.5. The highest BCUT2D eigenvalue weighted by atomic mass is 32.2. The van der Waals surface area contributed by atoms with Crippen molar-refractivity contribution in [1.29, 1.82) is 0 Å². The van der Waals surface area contributed by atoms with Gasteiger partial charge in [0.15, 0.2) is 0 Å². The topological polar surface area (TPSA) is 98.7 Å². The first-order chi connectivity index (χ1) is 16.4. The molecule has 184 valence electrons. The molecule has 34 heavy (non-hydrogen) atoms. The lowest BCUT2D eigenvalue weighted by Crippen LogP contribution is -2.59. The van der Waals surface area contributed by atoms with Crippen molar-refractivity contribution in [3.8, 4) is 0 Å². The van der Waals surface area contributed by atoms with E-state index >= 15 is 0 Å². The number of anilines is 1. The lowest BCUT2D eigenvalue weighted by atomic mass is 9.65. The molecule has 3 saturated heterocycles. The molecule has 4 aliphatic rings. The fourth-order valence-corrected chi connectivity index (χ4v) is 9.30. The standard InChI is InChI=1S/C26H35N3O4S/c1-15-13-19-20(23(31)27-17-9-5-3-6-10-17)21-25(33)29(16(2)14-30)22(26(15,21)34-19)24(32)28-18-11-7-4-8-12-18/h3,5-6,9-10,15-16,18-22,30H,4,7-8,11-14H2,1-2H3,(H,27,31)(H,28,32)/t15?,16-,19-,20+,21+,22?,26?/m1/s1. The lowest BCUT2D eigenvalue weighted by Gasteiger charge is -2.40. The third kappa shape index (κ3) is 3.65. The normalized spacial score (nSPS) is 35.8. The third-order valence-electron chi connectivity index (χ3n) is 8.47. The number of para-hydroxylation sites is 1. The van der Waals surface area contributed by atoms with Crippen molar-refractivity contribution in [2.45, 2.75) is 80.5 Å². The summed E-state index contributed by atoms with van der Waals surface area (Å²) in [6.07, 6.45) is 6.14. The molecule has 3 amide bonds. The average Bonchev–Trinajstić information content (AvgIpc) is 3.43. The number of fused-ring (bicyclic) bond motifs is 1. The number of carbonyl (C=O) groups is 3. The van der Waals surface area contributed by atoms with E-state index in [1.54, 1.807) is 23.6 Å². The molecule has 3 aliphatic heterocycles. The Hall–Kier alpha value is -2.06. The van der Waals surface area contributed by atoms with Gasteiger partial charge in [-0.05, 0) is 44.2 Å². The number of benzene rings is 1. The van der Waals surface area contributed by atoms with Crippen molar-refractivity contribution in [1.82, 2.24) is 10.2 Å². The Bertz CT molecular complexity index is 953. The summed E-state index contributed by atoms with van der Waals surface area (Å²) in [7, 11) is 0. The minimum absolute atomic E-state index is 0.00391. The molecule has 3 unspecified atom stereocenters. The monoisotopic (exact) mass is 485 g/mol. The second-order valence-electron chi connectivity index (χ2n) is 10.5. The van der Waals surface area contributed by atoms with E-state index in [-0.39, 0.29) is 41.5 Å². The van der Waals surface area contributed by atoms with Crippen LogP contribution in [0.25, 0.3) is 0 Å². The SMILES string of the molecule is CC1C[C@H]2SC13C(C(=O)NC1CCCCC1)N([C@H](C)CO)C(=O)[C@@H]3[C@H]2C(=O)Nc1ccccc1. The van der Waals surface area contributed by atoms with Gasteiger partial charge in [-0.2, -0.15) is 0 Å². The zero-order valence-electron chi connectivity index (χ0n) is 19.9. The van der Waals surface area contributed by atoms with E-state index in [0.717, 1.165) is 32.1 Å². The summed E-state index contributed by atoms with van der Waals surface area (Å²) in [5.74, 6) is -1.37. The molecule has 4 fully saturated rings. The van der Waals surface area contributed by atoms with E-state index in [2.05, 4.69) is 17.6 Å². The zero-order valence-corrected chi connectivity index (χ0v) is 20.7. The fraction of sp³-hybridized carbons (Fsp3) is 0.654. The van der Waals surface area contributed by atoms with E-state index < -0.39 is 28.7 Å². The molecular weight excluding hydrogens is 450 g/mol. The Morgan fingerprint density at radius 1 is 1.18 bits per heavy atom. The molecule has 1 spiro atoms. The van der Waals surface area contributed by atoms with Crippen molar-refractivity contribution < 1.29 is 19.5 Å². The predicted octanol–water partition coefficient (Wildman–Crippen LogP) is 2.79. The summed E-state index contributed by atoms with van der Waals surface area (Å²) in [5.41, 5.74) is 0.708. The van der Waals surface area contributed by atoms with E-state index in [1.165, 1.54) is 6.42 Å². The van der Waals surface area contributed by atoms with Gasteiger partial charge in [-0.25, -0.2) is 0 Å². The maximum atomic E-state index is 13.9. The quantitative estimate of drug-likeness (QED) is 0.576. The van der Waals surface area contributed by atoms with Gasteiger partial charge in [0.2, 0.25) is 17.7 Å². The van der Waals surface area contributed by atoms with Gasteiger partial charge in [0.25, 0.3) is 0 Å².